The van der Waals surface area contributed by atoms with Gasteiger partial charge in [0.15, 0.2) is 5.69 Å². The van der Waals surface area contributed by atoms with Gasteiger partial charge in [0.2, 0.25) is 5.75 Å². The van der Waals surface area contributed by atoms with Crippen LogP contribution in [-0.2, 0) is 11.2 Å². The molecule has 0 bridgehead atoms. The molecule has 0 atom stereocenters. The number of nitroso groups, excluding NO2 is 1. The second kappa shape index (κ2) is 5.04. The lowest BCUT2D eigenvalue weighted by Crippen LogP contribution is -2.02. The summed E-state index contributed by atoms with van der Waals surface area (Å²) in [6, 6.07) is 2.04. The first-order valence-corrected chi connectivity index (χ1v) is 4.61. The van der Waals surface area contributed by atoms with Gasteiger partial charge in [-0.25, -0.2) is 4.79 Å². The zero-order chi connectivity index (χ0) is 13.9. The number of hydrogen-bond acceptors (Lipinski definition) is 6. The van der Waals surface area contributed by atoms with Gasteiger partial charge in [-0.05, 0) is 16.8 Å². The Bertz CT molecular complexity index is 552. The maximum atomic E-state index is 10.6. The van der Waals surface area contributed by atoms with E-state index < -0.39 is 28.0 Å². The van der Waals surface area contributed by atoms with Crippen LogP contribution in [0.5, 0.6) is 5.75 Å². The molecule has 2 N–H and O–H groups in total. The Kier molecular flexibility index (Phi) is 3.72. The number of phenols is 1. The summed E-state index contributed by atoms with van der Waals surface area (Å²) in [6.07, 6.45) is -0.195. The number of nitro benzene ring substituents is 1. The molecular formula is C10H8N2O6. The van der Waals surface area contributed by atoms with Crippen LogP contribution < -0.4 is 0 Å². The maximum absolute atomic E-state index is 10.6. The number of carboxylic acid groups (broad SMARTS) is 1. The summed E-state index contributed by atoms with van der Waals surface area (Å²) in [5.41, 5.74) is -1.27. The lowest BCUT2D eigenvalue weighted by Gasteiger charge is -2.04. The lowest BCUT2D eigenvalue weighted by atomic mass is 10.0. The van der Waals surface area contributed by atoms with Gasteiger partial charge < -0.3 is 10.2 Å². The SMILES string of the molecule is C=C(Cc1cc(N=O)c(O)c([N+](=O)[O-])c1)C(=O)O. The van der Waals surface area contributed by atoms with Gasteiger partial charge in [-0.15, -0.1) is 4.91 Å². The molecule has 1 rings (SSSR count). The van der Waals surface area contributed by atoms with E-state index in [0.29, 0.717) is 0 Å². The minimum absolute atomic E-state index is 0.154. The summed E-state index contributed by atoms with van der Waals surface area (Å²) in [5.74, 6) is -2.11. The molecule has 1 aromatic carbocycles. The minimum atomic E-state index is -1.26. The van der Waals surface area contributed by atoms with E-state index in [9.17, 15) is 24.9 Å². The molecule has 0 radical (unpaired) electrons. The molecule has 0 fully saturated rings. The molecule has 0 aliphatic heterocycles. The fourth-order valence-electron chi connectivity index (χ4n) is 1.29. The number of aliphatic carboxylic acids is 1. The lowest BCUT2D eigenvalue weighted by molar-refractivity contribution is -0.385. The second-order valence-electron chi connectivity index (χ2n) is 3.42. The Morgan fingerprint density at radius 2 is 2.11 bits per heavy atom. The fourth-order valence-corrected chi connectivity index (χ4v) is 1.29. The molecule has 0 saturated carbocycles. The van der Waals surface area contributed by atoms with Gasteiger partial charge in [-0.3, -0.25) is 10.1 Å². The highest BCUT2D eigenvalue weighted by Gasteiger charge is 2.20. The van der Waals surface area contributed by atoms with Crippen molar-refractivity contribution in [2.45, 2.75) is 6.42 Å². The van der Waals surface area contributed by atoms with E-state index in [4.69, 9.17) is 5.11 Å². The van der Waals surface area contributed by atoms with E-state index in [1.807, 2.05) is 0 Å². The minimum Gasteiger partial charge on any atom is -0.501 e. The van der Waals surface area contributed by atoms with Gasteiger partial charge in [-0.1, -0.05) is 6.58 Å². The Balaban J connectivity index is 3.26. The molecule has 1 aromatic rings. The van der Waals surface area contributed by atoms with Crippen molar-refractivity contribution >= 4 is 17.3 Å². The van der Waals surface area contributed by atoms with E-state index >= 15 is 0 Å². The molecule has 8 heteroatoms. The van der Waals surface area contributed by atoms with Crippen molar-refractivity contribution < 1.29 is 19.9 Å². The van der Waals surface area contributed by atoms with Gasteiger partial charge in [0.25, 0.3) is 0 Å². The topological polar surface area (TPSA) is 130 Å². The Labute approximate surface area is 100 Å². The quantitative estimate of drug-likeness (QED) is 0.356. The predicted molar refractivity (Wildman–Crippen MR) is 60.7 cm³/mol. The molecule has 0 saturated heterocycles. The Morgan fingerprint density at radius 3 is 2.56 bits per heavy atom. The van der Waals surface area contributed by atoms with Gasteiger partial charge in [0, 0.05) is 18.1 Å². The van der Waals surface area contributed by atoms with Crippen LogP contribution in [0, 0.1) is 15.0 Å². The number of phenolic OH excluding ortho intramolecular Hbond substituents is 1. The van der Waals surface area contributed by atoms with Crippen molar-refractivity contribution in [3.8, 4) is 5.75 Å². The van der Waals surface area contributed by atoms with E-state index in [1.165, 1.54) is 0 Å². The van der Waals surface area contributed by atoms with E-state index in [2.05, 4.69) is 11.8 Å². The van der Waals surface area contributed by atoms with Crippen LogP contribution in [-0.4, -0.2) is 21.1 Å². The number of benzene rings is 1. The normalized spacial score (nSPS) is 9.78. The van der Waals surface area contributed by atoms with Gasteiger partial charge in [0.1, 0.15) is 0 Å². The smallest absolute Gasteiger partial charge is 0.331 e. The average Bonchev–Trinajstić information content (AvgIpc) is 2.30. The number of nitro groups is 1. The summed E-state index contributed by atoms with van der Waals surface area (Å²) in [4.78, 5) is 30.7. The summed E-state index contributed by atoms with van der Waals surface area (Å²) in [7, 11) is 0. The average molecular weight is 252 g/mol. The third-order valence-electron chi connectivity index (χ3n) is 2.14. The standard InChI is InChI=1S/C10H8N2O6/c1-5(10(14)15)2-6-3-7(11-16)9(13)8(4-6)12(17)18/h3-4,13H,1-2H2,(H,14,15). The number of hydrogen-bond donors (Lipinski definition) is 2. The second-order valence-corrected chi connectivity index (χ2v) is 3.42. The Morgan fingerprint density at radius 1 is 1.50 bits per heavy atom. The van der Waals surface area contributed by atoms with Crippen LogP contribution in [0.15, 0.2) is 29.5 Å². The molecule has 8 nitrogen and oxygen atoms in total. The summed E-state index contributed by atoms with van der Waals surface area (Å²) in [5, 5.41) is 31.1. The highest BCUT2D eigenvalue weighted by molar-refractivity contribution is 5.86. The van der Waals surface area contributed by atoms with E-state index in [-0.39, 0.29) is 17.6 Å². The molecule has 18 heavy (non-hydrogen) atoms. The molecule has 0 aliphatic rings. The van der Waals surface area contributed by atoms with Crippen LogP contribution >= 0.6 is 0 Å². The first kappa shape index (κ1) is 13.3. The molecule has 0 spiro atoms. The van der Waals surface area contributed by atoms with Crippen LogP contribution in [0.3, 0.4) is 0 Å². The predicted octanol–water partition coefficient (Wildman–Crippen LogP) is 1.88. The molecule has 0 unspecified atom stereocenters. The third-order valence-corrected chi connectivity index (χ3v) is 2.14. The zero-order valence-electron chi connectivity index (χ0n) is 8.99. The summed E-state index contributed by atoms with van der Waals surface area (Å²) < 4.78 is 0. The zero-order valence-corrected chi connectivity index (χ0v) is 8.99. The monoisotopic (exact) mass is 252 g/mol. The van der Waals surface area contributed by atoms with Crippen LogP contribution in [0.25, 0.3) is 0 Å². The van der Waals surface area contributed by atoms with Crippen molar-refractivity contribution in [1.82, 2.24) is 0 Å². The largest absolute Gasteiger partial charge is 0.501 e. The van der Waals surface area contributed by atoms with Gasteiger partial charge in [0.05, 0.1) is 4.92 Å². The van der Waals surface area contributed by atoms with Crippen molar-refractivity contribution in [2.24, 2.45) is 5.18 Å². The molecule has 0 aromatic heterocycles. The number of aromatic hydroxyl groups is 1. The molecule has 0 aliphatic carbocycles. The molecular weight excluding hydrogens is 244 g/mol. The van der Waals surface area contributed by atoms with Crippen LogP contribution in [0.2, 0.25) is 0 Å². The molecule has 0 amide bonds. The van der Waals surface area contributed by atoms with Gasteiger partial charge >= 0.3 is 11.7 Å². The Hall–Kier alpha value is -2.77. The van der Waals surface area contributed by atoms with E-state index in [1.54, 1.807) is 0 Å². The van der Waals surface area contributed by atoms with Crippen molar-refractivity contribution in [3.63, 3.8) is 0 Å². The van der Waals surface area contributed by atoms with Gasteiger partial charge in [-0.2, -0.15) is 0 Å². The maximum Gasteiger partial charge on any atom is 0.331 e. The molecule has 94 valence electrons. The summed E-state index contributed by atoms with van der Waals surface area (Å²) >= 11 is 0. The van der Waals surface area contributed by atoms with Crippen molar-refractivity contribution in [1.29, 1.82) is 0 Å². The van der Waals surface area contributed by atoms with Crippen molar-refractivity contribution in [2.75, 3.05) is 0 Å². The van der Waals surface area contributed by atoms with E-state index in [0.717, 1.165) is 12.1 Å². The first-order valence-electron chi connectivity index (χ1n) is 4.61. The highest BCUT2D eigenvalue weighted by Crippen LogP contribution is 2.37. The van der Waals surface area contributed by atoms with Crippen LogP contribution in [0.4, 0.5) is 11.4 Å². The summed E-state index contributed by atoms with van der Waals surface area (Å²) in [6.45, 7) is 3.26. The fraction of sp³-hybridized carbons (Fsp3) is 0.100. The highest BCUT2D eigenvalue weighted by atomic mass is 16.6. The van der Waals surface area contributed by atoms with Crippen molar-refractivity contribution in [3.05, 3.63) is 44.9 Å². The number of rotatable bonds is 5. The third kappa shape index (κ3) is 2.67. The first-order chi connectivity index (χ1) is 8.36. The molecule has 0 heterocycles. The number of nitrogens with zero attached hydrogens (tertiary/aromatic N) is 2. The number of carbonyl (C=O) groups is 1. The number of carboxylic acids is 1. The van der Waals surface area contributed by atoms with Crippen LogP contribution in [0.1, 0.15) is 5.56 Å².